The molecule has 4 heteroatoms. The summed E-state index contributed by atoms with van der Waals surface area (Å²) in [6.07, 6.45) is 0. The SMILES string of the molecule is c1ccc(-c2ccc(-c3nc(-c4ccccc4)nc(-c4ccc5c(c4)C4(c6ccccc6-c6ccccc6-5)c5ccccc5-c5c4ccc4oc6ccccc6c54)n3)cc2)cc1. The Balaban J connectivity index is 1.11. The van der Waals surface area contributed by atoms with Gasteiger partial charge in [0.1, 0.15) is 11.2 Å². The molecule has 0 amide bonds. The lowest BCUT2D eigenvalue weighted by atomic mass is 9.65. The van der Waals surface area contributed by atoms with Crippen molar-refractivity contribution >= 4 is 21.9 Å². The van der Waals surface area contributed by atoms with Crippen molar-refractivity contribution in [2.45, 2.75) is 5.41 Å². The molecule has 1 atom stereocenters. The molecule has 2 aromatic heterocycles. The molecule has 9 aromatic carbocycles. The van der Waals surface area contributed by atoms with E-state index in [2.05, 4.69) is 182 Å². The lowest BCUT2D eigenvalue weighted by Crippen LogP contribution is -2.29. The van der Waals surface area contributed by atoms with Gasteiger partial charge in [0.15, 0.2) is 17.5 Å². The second-order valence-corrected chi connectivity index (χ2v) is 16.2. The summed E-state index contributed by atoms with van der Waals surface area (Å²) in [6.45, 7) is 0. The van der Waals surface area contributed by atoms with E-state index in [1.807, 2.05) is 30.3 Å². The van der Waals surface area contributed by atoms with Crippen molar-refractivity contribution in [2.24, 2.45) is 0 Å². The molecule has 0 saturated heterocycles. The average molecular weight is 790 g/mol. The van der Waals surface area contributed by atoms with Gasteiger partial charge in [0.2, 0.25) is 0 Å². The Hall–Kier alpha value is -8.21. The Kier molecular flexibility index (Phi) is 7.49. The number of rotatable bonds is 4. The van der Waals surface area contributed by atoms with E-state index in [1.165, 1.54) is 61.2 Å². The maximum absolute atomic E-state index is 6.56. The molecule has 0 N–H and O–H groups in total. The zero-order chi connectivity index (χ0) is 40.8. The van der Waals surface area contributed by atoms with Crippen LogP contribution in [0.5, 0.6) is 0 Å². The first-order valence-electron chi connectivity index (χ1n) is 21.1. The van der Waals surface area contributed by atoms with Gasteiger partial charge in [-0.05, 0) is 85.0 Å². The molecule has 0 fully saturated rings. The van der Waals surface area contributed by atoms with Crippen LogP contribution >= 0.6 is 0 Å². The fraction of sp³-hybridized carbons (Fsp3) is 0.0172. The Morgan fingerprint density at radius 1 is 0.306 bits per heavy atom. The van der Waals surface area contributed by atoms with Gasteiger partial charge in [-0.25, -0.2) is 15.0 Å². The molecule has 288 valence electrons. The van der Waals surface area contributed by atoms with Crippen LogP contribution in [0.25, 0.3) is 101 Å². The molecule has 2 heterocycles. The molecule has 2 aliphatic rings. The van der Waals surface area contributed by atoms with Crippen molar-refractivity contribution in [1.29, 1.82) is 0 Å². The van der Waals surface area contributed by atoms with Crippen molar-refractivity contribution in [2.75, 3.05) is 0 Å². The highest BCUT2D eigenvalue weighted by molar-refractivity contribution is 6.16. The molecule has 1 spiro atoms. The first-order valence-corrected chi connectivity index (χ1v) is 21.1. The summed E-state index contributed by atoms with van der Waals surface area (Å²) in [5.41, 5.74) is 18.3. The van der Waals surface area contributed by atoms with Gasteiger partial charge in [-0.15, -0.1) is 0 Å². The Morgan fingerprint density at radius 3 is 1.50 bits per heavy atom. The maximum Gasteiger partial charge on any atom is 0.164 e. The minimum atomic E-state index is -0.704. The molecular weight excluding hydrogens is 755 g/mol. The first-order chi connectivity index (χ1) is 30.7. The number of hydrogen-bond donors (Lipinski definition) is 0. The lowest BCUT2D eigenvalue weighted by molar-refractivity contribution is 0.668. The van der Waals surface area contributed by atoms with Gasteiger partial charge in [-0.1, -0.05) is 194 Å². The van der Waals surface area contributed by atoms with E-state index in [4.69, 9.17) is 19.4 Å². The number of nitrogens with zero attached hydrogens (tertiary/aromatic N) is 3. The summed E-state index contributed by atoms with van der Waals surface area (Å²) in [6, 6.07) is 75.8. The second kappa shape index (κ2) is 13.4. The number of aromatic nitrogens is 3. The summed E-state index contributed by atoms with van der Waals surface area (Å²) in [5.74, 6) is 1.87. The van der Waals surface area contributed by atoms with Crippen molar-refractivity contribution in [3.05, 3.63) is 235 Å². The number of fused-ring (bicyclic) bond motifs is 16. The van der Waals surface area contributed by atoms with E-state index in [-0.39, 0.29) is 0 Å². The summed E-state index contributed by atoms with van der Waals surface area (Å²) >= 11 is 0. The van der Waals surface area contributed by atoms with Crippen LogP contribution in [0, 0.1) is 0 Å². The number of hydrogen-bond acceptors (Lipinski definition) is 4. The lowest BCUT2D eigenvalue weighted by Gasteiger charge is -2.35. The highest BCUT2D eigenvalue weighted by Crippen LogP contribution is 2.63. The van der Waals surface area contributed by atoms with Crippen LogP contribution in [-0.2, 0) is 5.41 Å². The number of para-hydroxylation sites is 1. The molecule has 11 aromatic rings. The summed E-state index contributed by atoms with van der Waals surface area (Å²) in [7, 11) is 0. The largest absolute Gasteiger partial charge is 0.456 e. The van der Waals surface area contributed by atoms with E-state index in [0.717, 1.165) is 44.2 Å². The zero-order valence-corrected chi connectivity index (χ0v) is 33.5. The van der Waals surface area contributed by atoms with E-state index in [1.54, 1.807) is 0 Å². The molecule has 4 nitrogen and oxygen atoms in total. The minimum Gasteiger partial charge on any atom is -0.456 e. The summed E-state index contributed by atoms with van der Waals surface area (Å²) in [5, 5.41) is 2.26. The Morgan fingerprint density at radius 2 is 0.790 bits per heavy atom. The zero-order valence-electron chi connectivity index (χ0n) is 33.5. The minimum absolute atomic E-state index is 0.618. The highest BCUT2D eigenvalue weighted by Gasteiger charge is 2.50. The van der Waals surface area contributed by atoms with Crippen LogP contribution < -0.4 is 0 Å². The van der Waals surface area contributed by atoms with Crippen LogP contribution in [0.2, 0.25) is 0 Å². The van der Waals surface area contributed by atoms with Crippen LogP contribution in [0.1, 0.15) is 22.3 Å². The molecule has 1 unspecified atom stereocenters. The van der Waals surface area contributed by atoms with Gasteiger partial charge in [-0.2, -0.15) is 0 Å². The molecule has 62 heavy (non-hydrogen) atoms. The topological polar surface area (TPSA) is 51.8 Å². The first kappa shape index (κ1) is 34.6. The van der Waals surface area contributed by atoms with Crippen molar-refractivity contribution in [1.82, 2.24) is 15.0 Å². The van der Waals surface area contributed by atoms with Crippen LogP contribution in [0.15, 0.2) is 217 Å². The van der Waals surface area contributed by atoms with Gasteiger partial charge in [0.05, 0.1) is 5.41 Å². The molecule has 0 radical (unpaired) electrons. The maximum atomic E-state index is 6.56. The standard InChI is InChI=1S/C58H35N3O/c1-3-15-36(16-4-1)37-27-29-39(30-28-37)56-59-55(38-17-5-2-6-18-38)60-57(61-56)40-31-32-44-42-20-8-7-19-41(42)43-21-9-12-24-47(43)58(50(44)35-40)48-25-13-10-22-45(48)53-49(58)33-34-52-54(53)46-23-11-14-26-51(46)62-52/h1-35H. The van der Waals surface area contributed by atoms with Crippen LogP contribution in [0.4, 0.5) is 0 Å². The van der Waals surface area contributed by atoms with Gasteiger partial charge < -0.3 is 4.42 Å². The third-order valence-electron chi connectivity index (χ3n) is 13.0. The van der Waals surface area contributed by atoms with Crippen molar-refractivity contribution in [3.8, 4) is 78.7 Å². The van der Waals surface area contributed by atoms with Gasteiger partial charge in [0.25, 0.3) is 0 Å². The third-order valence-corrected chi connectivity index (χ3v) is 13.0. The third kappa shape index (κ3) is 4.98. The predicted octanol–water partition coefficient (Wildman–Crippen LogP) is 14.4. The van der Waals surface area contributed by atoms with E-state index >= 15 is 0 Å². The van der Waals surface area contributed by atoms with Crippen LogP contribution in [0.3, 0.4) is 0 Å². The van der Waals surface area contributed by atoms with E-state index in [0.29, 0.717) is 17.5 Å². The average Bonchev–Trinajstić information content (AvgIpc) is 3.85. The monoisotopic (exact) mass is 789 g/mol. The number of furan rings is 1. The second-order valence-electron chi connectivity index (χ2n) is 16.2. The summed E-state index contributed by atoms with van der Waals surface area (Å²) < 4.78 is 6.56. The quantitative estimate of drug-likeness (QED) is 0.178. The van der Waals surface area contributed by atoms with E-state index in [9.17, 15) is 0 Å². The summed E-state index contributed by atoms with van der Waals surface area (Å²) in [4.78, 5) is 15.7. The van der Waals surface area contributed by atoms with Crippen molar-refractivity contribution in [3.63, 3.8) is 0 Å². The molecule has 0 bridgehead atoms. The molecular formula is C58H35N3O. The fourth-order valence-electron chi connectivity index (χ4n) is 10.3. The Labute approximate surface area is 358 Å². The van der Waals surface area contributed by atoms with Gasteiger partial charge in [0, 0.05) is 27.5 Å². The predicted molar refractivity (Wildman–Crippen MR) is 251 cm³/mol. The van der Waals surface area contributed by atoms with Gasteiger partial charge >= 0.3 is 0 Å². The van der Waals surface area contributed by atoms with E-state index < -0.39 is 5.41 Å². The van der Waals surface area contributed by atoms with Crippen LogP contribution in [-0.4, -0.2) is 15.0 Å². The molecule has 2 aliphatic carbocycles. The normalized spacial score (nSPS) is 14.5. The highest BCUT2D eigenvalue weighted by atomic mass is 16.3. The fourth-order valence-corrected chi connectivity index (χ4v) is 10.3. The molecule has 13 rings (SSSR count). The number of benzene rings is 9. The van der Waals surface area contributed by atoms with Gasteiger partial charge in [-0.3, -0.25) is 0 Å². The molecule has 0 aliphatic heterocycles. The molecule has 0 saturated carbocycles. The van der Waals surface area contributed by atoms with Crippen molar-refractivity contribution < 1.29 is 4.42 Å². The smallest absolute Gasteiger partial charge is 0.164 e. The Bertz CT molecular complexity index is 3570.